The summed E-state index contributed by atoms with van der Waals surface area (Å²) < 4.78 is 0. The van der Waals surface area contributed by atoms with Crippen molar-refractivity contribution < 1.29 is 5.11 Å². The van der Waals surface area contributed by atoms with Crippen molar-refractivity contribution in [3.05, 3.63) is 40.9 Å². The van der Waals surface area contributed by atoms with Gasteiger partial charge in [0.25, 0.3) is 0 Å². The lowest BCUT2D eigenvalue weighted by atomic mass is 9.89. The van der Waals surface area contributed by atoms with Crippen LogP contribution in [0.25, 0.3) is 0 Å². The number of anilines is 1. The fourth-order valence-corrected chi connectivity index (χ4v) is 3.51. The SMILES string of the molecule is Nc1ncc(CN2CCC(c3ccc(O)cc3)CC2)s1. The normalized spacial score (nSPS) is 17.4. The molecule has 0 bridgehead atoms. The molecule has 0 unspecified atom stereocenters. The number of aromatic hydroxyl groups is 1. The predicted octanol–water partition coefficient (Wildman–Crippen LogP) is 2.81. The van der Waals surface area contributed by atoms with E-state index in [0.29, 0.717) is 16.8 Å². The number of nitrogens with two attached hydrogens (primary N) is 1. The Kier molecular flexibility index (Phi) is 3.89. The highest BCUT2D eigenvalue weighted by Crippen LogP contribution is 2.30. The highest BCUT2D eigenvalue weighted by molar-refractivity contribution is 7.15. The monoisotopic (exact) mass is 289 g/mol. The van der Waals surface area contributed by atoms with E-state index in [4.69, 9.17) is 5.73 Å². The van der Waals surface area contributed by atoms with E-state index in [1.807, 2.05) is 18.3 Å². The summed E-state index contributed by atoms with van der Waals surface area (Å²) >= 11 is 1.58. The first-order valence-electron chi connectivity index (χ1n) is 6.92. The lowest BCUT2D eigenvalue weighted by Gasteiger charge is -2.31. The molecule has 1 aliphatic heterocycles. The van der Waals surface area contributed by atoms with Crippen molar-refractivity contribution in [1.29, 1.82) is 0 Å². The first-order chi connectivity index (χ1) is 9.70. The maximum absolute atomic E-state index is 9.34. The Balaban J connectivity index is 1.55. The van der Waals surface area contributed by atoms with Crippen molar-refractivity contribution >= 4 is 16.5 Å². The molecule has 2 aromatic rings. The smallest absolute Gasteiger partial charge is 0.180 e. The number of piperidine rings is 1. The maximum Gasteiger partial charge on any atom is 0.180 e. The van der Waals surface area contributed by atoms with Crippen molar-refractivity contribution in [1.82, 2.24) is 9.88 Å². The second-order valence-electron chi connectivity index (χ2n) is 5.31. The number of phenolic OH excluding ortho intramolecular Hbond substituents is 1. The highest BCUT2D eigenvalue weighted by Gasteiger charge is 2.21. The first-order valence-corrected chi connectivity index (χ1v) is 7.74. The van der Waals surface area contributed by atoms with Gasteiger partial charge in [-0.05, 0) is 49.5 Å². The van der Waals surface area contributed by atoms with Gasteiger partial charge in [-0.15, -0.1) is 11.3 Å². The Hall–Kier alpha value is -1.59. The summed E-state index contributed by atoms with van der Waals surface area (Å²) in [6, 6.07) is 7.64. The molecule has 0 radical (unpaired) electrons. The zero-order valence-electron chi connectivity index (χ0n) is 11.3. The van der Waals surface area contributed by atoms with Gasteiger partial charge >= 0.3 is 0 Å². The Morgan fingerprint density at radius 2 is 1.95 bits per heavy atom. The van der Waals surface area contributed by atoms with E-state index < -0.39 is 0 Å². The van der Waals surface area contributed by atoms with E-state index in [1.165, 1.54) is 23.3 Å². The number of hydrogen-bond donors (Lipinski definition) is 2. The molecule has 1 fully saturated rings. The van der Waals surface area contributed by atoms with Crippen LogP contribution in [-0.2, 0) is 6.54 Å². The third-order valence-corrected chi connectivity index (χ3v) is 4.71. The van der Waals surface area contributed by atoms with Gasteiger partial charge in [0.05, 0.1) is 0 Å². The average Bonchev–Trinajstić information content (AvgIpc) is 2.86. The molecule has 3 rings (SSSR count). The van der Waals surface area contributed by atoms with Crippen LogP contribution in [0, 0.1) is 0 Å². The van der Waals surface area contributed by atoms with Crippen LogP contribution < -0.4 is 5.73 Å². The second kappa shape index (κ2) is 5.81. The Morgan fingerprint density at radius 3 is 2.55 bits per heavy atom. The lowest BCUT2D eigenvalue weighted by molar-refractivity contribution is 0.206. The molecule has 5 heteroatoms. The molecular formula is C15H19N3OS. The van der Waals surface area contributed by atoms with Crippen molar-refractivity contribution in [3.63, 3.8) is 0 Å². The molecule has 1 aliphatic rings. The number of phenols is 1. The lowest BCUT2D eigenvalue weighted by Crippen LogP contribution is -2.32. The van der Waals surface area contributed by atoms with E-state index in [9.17, 15) is 5.11 Å². The molecule has 0 spiro atoms. The number of hydrogen-bond acceptors (Lipinski definition) is 5. The molecule has 0 amide bonds. The van der Waals surface area contributed by atoms with Crippen molar-refractivity contribution in [2.24, 2.45) is 0 Å². The van der Waals surface area contributed by atoms with E-state index in [1.54, 1.807) is 23.5 Å². The minimum absolute atomic E-state index is 0.342. The minimum Gasteiger partial charge on any atom is -0.508 e. The fraction of sp³-hybridized carbons (Fsp3) is 0.400. The van der Waals surface area contributed by atoms with Crippen LogP contribution in [0.4, 0.5) is 5.13 Å². The molecule has 0 saturated carbocycles. The van der Waals surface area contributed by atoms with Crippen molar-refractivity contribution in [3.8, 4) is 5.75 Å². The predicted molar refractivity (Wildman–Crippen MR) is 81.9 cm³/mol. The number of nitrogen functional groups attached to an aromatic ring is 1. The minimum atomic E-state index is 0.342. The molecule has 1 saturated heterocycles. The van der Waals surface area contributed by atoms with Gasteiger partial charge in [0, 0.05) is 17.6 Å². The average molecular weight is 289 g/mol. The molecule has 1 aromatic heterocycles. The molecule has 3 N–H and O–H groups in total. The molecule has 2 heterocycles. The number of likely N-dealkylation sites (tertiary alicyclic amines) is 1. The summed E-state index contributed by atoms with van der Waals surface area (Å²) in [4.78, 5) is 7.80. The number of thiazole rings is 1. The van der Waals surface area contributed by atoms with Gasteiger partial charge in [-0.3, -0.25) is 4.90 Å². The first kappa shape index (κ1) is 13.4. The van der Waals surface area contributed by atoms with Crippen LogP contribution >= 0.6 is 11.3 Å². The summed E-state index contributed by atoms with van der Waals surface area (Å²) in [7, 11) is 0. The number of aromatic nitrogens is 1. The van der Waals surface area contributed by atoms with Gasteiger partial charge in [0.2, 0.25) is 0 Å². The molecule has 0 aliphatic carbocycles. The summed E-state index contributed by atoms with van der Waals surface area (Å²) in [6.07, 6.45) is 4.21. The maximum atomic E-state index is 9.34. The van der Waals surface area contributed by atoms with Crippen LogP contribution in [0.2, 0.25) is 0 Å². The standard InChI is InChI=1S/C15H19N3OS/c16-15-17-9-14(20-15)10-18-7-5-12(6-8-18)11-1-3-13(19)4-2-11/h1-4,9,12,19H,5-8,10H2,(H2,16,17). The quantitative estimate of drug-likeness (QED) is 0.912. The zero-order valence-corrected chi connectivity index (χ0v) is 12.1. The summed E-state index contributed by atoms with van der Waals surface area (Å²) in [5, 5.41) is 9.99. The topological polar surface area (TPSA) is 62.4 Å². The van der Waals surface area contributed by atoms with Gasteiger partial charge in [0.1, 0.15) is 5.75 Å². The fourth-order valence-electron chi connectivity index (χ4n) is 2.79. The van der Waals surface area contributed by atoms with E-state index in [0.717, 1.165) is 19.6 Å². The van der Waals surface area contributed by atoms with Gasteiger partial charge in [-0.1, -0.05) is 12.1 Å². The van der Waals surface area contributed by atoms with E-state index in [-0.39, 0.29) is 0 Å². The number of nitrogens with zero attached hydrogens (tertiary/aromatic N) is 2. The van der Waals surface area contributed by atoms with Crippen LogP contribution in [-0.4, -0.2) is 28.1 Å². The summed E-state index contributed by atoms with van der Waals surface area (Å²) in [5.74, 6) is 0.951. The Morgan fingerprint density at radius 1 is 1.25 bits per heavy atom. The summed E-state index contributed by atoms with van der Waals surface area (Å²) in [5.41, 5.74) is 7.00. The molecule has 20 heavy (non-hydrogen) atoms. The number of rotatable bonds is 3. The largest absolute Gasteiger partial charge is 0.508 e. The molecule has 106 valence electrons. The highest BCUT2D eigenvalue weighted by atomic mass is 32.1. The molecule has 0 atom stereocenters. The van der Waals surface area contributed by atoms with Gasteiger partial charge in [-0.2, -0.15) is 0 Å². The van der Waals surface area contributed by atoms with Gasteiger partial charge in [0.15, 0.2) is 5.13 Å². The van der Waals surface area contributed by atoms with Crippen LogP contribution in [0.1, 0.15) is 29.2 Å². The van der Waals surface area contributed by atoms with Crippen molar-refractivity contribution in [2.75, 3.05) is 18.8 Å². The van der Waals surface area contributed by atoms with Crippen LogP contribution in [0.3, 0.4) is 0 Å². The van der Waals surface area contributed by atoms with Gasteiger partial charge in [-0.25, -0.2) is 4.98 Å². The third kappa shape index (κ3) is 3.11. The number of benzene rings is 1. The Labute approximate surface area is 122 Å². The second-order valence-corrected chi connectivity index (χ2v) is 6.45. The van der Waals surface area contributed by atoms with Crippen LogP contribution in [0.15, 0.2) is 30.5 Å². The van der Waals surface area contributed by atoms with E-state index >= 15 is 0 Å². The molecular weight excluding hydrogens is 270 g/mol. The Bertz CT molecular complexity index is 559. The third-order valence-electron chi connectivity index (χ3n) is 3.90. The van der Waals surface area contributed by atoms with Crippen molar-refractivity contribution in [2.45, 2.75) is 25.3 Å². The zero-order chi connectivity index (χ0) is 13.9. The van der Waals surface area contributed by atoms with Crippen LogP contribution in [0.5, 0.6) is 5.75 Å². The van der Waals surface area contributed by atoms with E-state index in [2.05, 4.69) is 9.88 Å². The molecule has 4 nitrogen and oxygen atoms in total. The summed E-state index contributed by atoms with van der Waals surface area (Å²) in [6.45, 7) is 3.16. The molecule has 1 aromatic carbocycles. The van der Waals surface area contributed by atoms with Gasteiger partial charge < -0.3 is 10.8 Å².